The van der Waals surface area contributed by atoms with Gasteiger partial charge in [-0.05, 0) is 50.2 Å². The molecule has 1 aliphatic heterocycles. The van der Waals surface area contributed by atoms with Crippen molar-refractivity contribution in [3.05, 3.63) is 24.3 Å². The first-order valence-corrected chi connectivity index (χ1v) is 6.80. The number of hydrogen-bond acceptors (Lipinski definition) is 4. The molecule has 0 spiro atoms. The highest BCUT2D eigenvalue weighted by atomic mass is 19.3. The zero-order chi connectivity index (χ0) is 15.1. The SMILES string of the molecule is O=C(COC1CCNCC1)Nc1ccc(OC(F)F)cc1. The number of rotatable bonds is 6. The lowest BCUT2D eigenvalue weighted by Crippen LogP contribution is -2.34. The molecule has 1 heterocycles. The molecule has 0 atom stereocenters. The van der Waals surface area contributed by atoms with Crippen LogP contribution in [0.4, 0.5) is 14.5 Å². The highest BCUT2D eigenvalue weighted by Gasteiger charge is 2.14. The molecule has 0 aromatic heterocycles. The maximum atomic E-state index is 12.0. The fourth-order valence-electron chi connectivity index (χ4n) is 2.07. The fraction of sp³-hybridized carbons (Fsp3) is 0.500. The van der Waals surface area contributed by atoms with Crippen LogP contribution in [0.2, 0.25) is 0 Å². The Morgan fingerprint density at radius 3 is 2.57 bits per heavy atom. The van der Waals surface area contributed by atoms with Gasteiger partial charge in [0.15, 0.2) is 0 Å². The highest BCUT2D eigenvalue weighted by molar-refractivity contribution is 5.91. The number of carbonyl (C=O) groups excluding carboxylic acids is 1. The number of ether oxygens (including phenoxy) is 2. The predicted molar refractivity (Wildman–Crippen MR) is 73.5 cm³/mol. The molecule has 0 aliphatic carbocycles. The van der Waals surface area contributed by atoms with Gasteiger partial charge in [-0.25, -0.2) is 0 Å². The molecule has 1 aliphatic rings. The van der Waals surface area contributed by atoms with Crippen LogP contribution in [0.3, 0.4) is 0 Å². The highest BCUT2D eigenvalue weighted by Crippen LogP contribution is 2.17. The molecule has 1 aromatic carbocycles. The van der Waals surface area contributed by atoms with Crippen molar-refractivity contribution in [1.29, 1.82) is 0 Å². The van der Waals surface area contributed by atoms with E-state index in [9.17, 15) is 13.6 Å². The van der Waals surface area contributed by atoms with Gasteiger partial charge in [0.1, 0.15) is 12.4 Å². The van der Waals surface area contributed by atoms with Gasteiger partial charge in [0.2, 0.25) is 5.91 Å². The van der Waals surface area contributed by atoms with E-state index < -0.39 is 6.61 Å². The second kappa shape index (κ2) is 7.90. The third-order valence-corrected chi connectivity index (χ3v) is 3.10. The summed E-state index contributed by atoms with van der Waals surface area (Å²) in [4.78, 5) is 11.7. The van der Waals surface area contributed by atoms with Crippen molar-refractivity contribution in [2.45, 2.75) is 25.6 Å². The van der Waals surface area contributed by atoms with Crippen LogP contribution in [-0.2, 0) is 9.53 Å². The Labute approximate surface area is 121 Å². The van der Waals surface area contributed by atoms with Gasteiger partial charge >= 0.3 is 6.61 Å². The lowest BCUT2D eigenvalue weighted by Gasteiger charge is -2.22. The van der Waals surface area contributed by atoms with E-state index in [1.54, 1.807) is 0 Å². The van der Waals surface area contributed by atoms with Gasteiger partial charge in [0.25, 0.3) is 0 Å². The Kier molecular flexibility index (Phi) is 5.89. The molecule has 0 unspecified atom stereocenters. The Morgan fingerprint density at radius 1 is 1.29 bits per heavy atom. The second-order valence-electron chi connectivity index (χ2n) is 4.71. The Hall–Kier alpha value is -1.73. The van der Waals surface area contributed by atoms with E-state index in [2.05, 4.69) is 15.4 Å². The number of halogens is 2. The predicted octanol–water partition coefficient (Wildman–Crippen LogP) is 2.00. The fourth-order valence-corrected chi connectivity index (χ4v) is 2.07. The molecule has 1 fully saturated rings. The molecule has 1 aromatic rings. The van der Waals surface area contributed by atoms with Gasteiger partial charge in [-0.2, -0.15) is 8.78 Å². The normalized spacial score (nSPS) is 16.0. The van der Waals surface area contributed by atoms with Crippen LogP contribution in [0.1, 0.15) is 12.8 Å². The van der Waals surface area contributed by atoms with Crippen molar-refractivity contribution in [3.8, 4) is 5.75 Å². The first kappa shape index (κ1) is 15.7. The maximum Gasteiger partial charge on any atom is 0.387 e. The van der Waals surface area contributed by atoms with Crippen molar-refractivity contribution < 1.29 is 23.0 Å². The summed E-state index contributed by atoms with van der Waals surface area (Å²) in [5.74, 6) is -0.218. The van der Waals surface area contributed by atoms with Crippen molar-refractivity contribution >= 4 is 11.6 Å². The number of anilines is 1. The van der Waals surface area contributed by atoms with Crippen LogP contribution in [0.5, 0.6) is 5.75 Å². The van der Waals surface area contributed by atoms with Gasteiger partial charge in [0, 0.05) is 5.69 Å². The molecule has 7 heteroatoms. The monoisotopic (exact) mass is 300 g/mol. The molecular formula is C14H18F2N2O3. The minimum absolute atomic E-state index is 0.0139. The molecule has 2 N–H and O–H groups in total. The number of piperidine rings is 1. The first-order chi connectivity index (χ1) is 10.1. The summed E-state index contributed by atoms with van der Waals surface area (Å²) in [6, 6.07) is 5.74. The summed E-state index contributed by atoms with van der Waals surface area (Å²) < 4.78 is 33.7. The molecule has 0 radical (unpaired) electrons. The van der Waals surface area contributed by atoms with Crippen LogP contribution in [-0.4, -0.2) is 38.3 Å². The standard InChI is InChI=1S/C14H18F2N2O3/c15-14(16)21-12-3-1-10(2-4-12)18-13(19)9-20-11-5-7-17-8-6-11/h1-4,11,14,17H,5-9H2,(H,18,19). The number of amides is 1. The molecule has 2 rings (SSSR count). The average Bonchev–Trinajstić information content (AvgIpc) is 2.48. The summed E-state index contributed by atoms with van der Waals surface area (Å²) in [6.07, 6.45) is 1.90. The number of nitrogens with one attached hydrogen (secondary N) is 2. The number of carbonyl (C=O) groups is 1. The zero-order valence-electron chi connectivity index (χ0n) is 11.5. The Bertz CT molecular complexity index is 448. The van der Waals surface area contributed by atoms with Crippen LogP contribution in [0, 0.1) is 0 Å². The van der Waals surface area contributed by atoms with Crippen LogP contribution in [0.25, 0.3) is 0 Å². The molecule has 116 valence electrons. The van der Waals surface area contributed by atoms with Crippen molar-refractivity contribution in [3.63, 3.8) is 0 Å². The topological polar surface area (TPSA) is 59.6 Å². The summed E-state index contributed by atoms with van der Waals surface area (Å²) >= 11 is 0. The third kappa shape index (κ3) is 5.65. The minimum atomic E-state index is -2.86. The van der Waals surface area contributed by atoms with Gasteiger partial charge in [-0.15, -0.1) is 0 Å². The van der Waals surface area contributed by atoms with Gasteiger partial charge < -0.3 is 20.1 Å². The smallest absolute Gasteiger partial charge is 0.387 e. The van der Waals surface area contributed by atoms with Crippen molar-refractivity contribution in [1.82, 2.24) is 5.32 Å². The van der Waals surface area contributed by atoms with E-state index in [0.29, 0.717) is 5.69 Å². The average molecular weight is 300 g/mol. The number of hydrogen-bond donors (Lipinski definition) is 2. The zero-order valence-corrected chi connectivity index (χ0v) is 11.5. The van der Waals surface area contributed by atoms with Crippen LogP contribution in [0.15, 0.2) is 24.3 Å². The summed E-state index contributed by atoms with van der Waals surface area (Å²) in [5, 5.41) is 5.85. The quantitative estimate of drug-likeness (QED) is 0.843. The molecule has 0 saturated carbocycles. The lowest BCUT2D eigenvalue weighted by atomic mass is 10.1. The second-order valence-corrected chi connectivity index (χ2v) is 4.71. The third-order valence-electron chi connectivity index (χ3n) is 3.10. The molecule has 5 nitrogen and oxygen atoms in total. The van der Waals surface area contributed by atoms with Crippen molar-refractivity contribution in [2.24, 2.45) is 0 Å². The van der Waals surface area contributed by atoms with Crippen LogP contribution >= 0.6 is 0 Å². The van der Waals surface area contributed by atoms with E-state index in [-0.39, 0.29) is 24.4 Å². The van der Waals surface area contributed by atoms with E-state index in [1.807, 2.05) is 0 Å². The van der Waals surface area contributed by atoms with Gasteiger partial charge in [0.05, 0.1) is 6.10 Å². The Balaban J connectivity index is 1.74. The first-order valence-electron chi connectivity index (χ1n) is 6.80. The maximum absolute atomic E-state index is 12.0. The summed E-state index contributed by atoms with van der Waals surface area (Å²) in [5.41, 5.74) is 0.510. The van der Waals surface area contributed by atoms with E-state index in [0.717, 1.165) is 25.9 Å². The molecule has 21 heavy (non-hydrogen) atoms. The number of benzene rings is 1. The van der Waals surface area contributed by atoms with E-state index >= 15 is 0 Å². The largest absolute Gasteiger partial charge is 0.435 e. The van der Waals surface area contributed by atoms with Gasteiger partial charge in [-0.3, -0.25) is 4.79 Å². The Morgan fingerprint density at radius 2 is 1.95 bits per heavy atom. The minimum Gasteiger partial charge on any atom is -0.435 e. The van der Waals surface area contributed by atoms with Crippen LogP contribution < -0.4 is 15.4 Å². The lowest BCUT2D eigenvalue weighted by molar-refractivity contribution is -0.123. The summed E-state index contributed by atoms with van der Waals surface area (Å²) in [6.45, 7) is -1.07. The van der Waals surface area contributed by atoms with E-state index in [4.69, 9.17) is 4.74 Å². The molecule has 0 bridgehead atoms. The molecular weight excluding hydrogens is 282 g/mol. The van der Waals surface area contributed by atoms with Gasteiger partial charge in [-0.1, -0.05) is 0 Å². The molecule has 1 amide bonds. The van der Waals surface area contributed by atoms with E-state index in [1.165, 1.54) is 24.3 Å². The number of alkyl halides is 2. The molecule has 1 saturated heterocycles. The van der Waals surface area contributed by atoms with Crippen molar-refractivity contribution in [2.75, 3.05) is 25.0 Å². The summed E-state index contributed by atoms with van der Waals surface area (Å²) in [7, 11) is 0.